The van der Waals surface area contributed by atoms with E-state index < -0.39 is 23.1 Å². The minimum absolute atomic E-state index is 0.0113. The topological polar surface area (TPSA) is 176 Å². The van der Waals surface area contributed by atoms with Crippen molar-refractivity contribution in [1.82, 2.24) is 14.0 Å². The van der Waals surface area contributed by atoms with Crippen molar-refractivity contribution in [3.05, 3.63) is 73.9 Å². The summed E-state index contributed by atoms with van der Waals surface area (Å²) >= 11 is 0. The number of amides is 3. The molecule has 0 bridgehead atoms. The molecule has 2 aromatic carbocycles. The summed E-state index contributed by atoms with van der Waals surface area (Å²) in [5, 5.41) is 21.6. The number of hydrogen-bond donors (Lipinski definition) is 2. The van der Waals surface area contributed by atoms with Crippen LogP contribution in [0.5, 0.6) is 0 Å². The summed E-state index contributed by atoms with van der Waals surface area (Å²) in [5.74, 6) is -0.387. The van der Waals surface area contributed by atoms with Gasteiger partial charge in [-0.25, -0.2) is 9.59 Å². The molecule has 1 saturated carbocycles. The predicted molar refractivity (Wildman–Crippen MR) is 149 cm³/mol. The maximum absolute atomic E-state index is 14.0. The number of morpholine rings is 1. The molecule has 1 atom stereocenters. The van der Waals surface area contributed by atoms with Gasteiger partial charge in [-0.1, -0.05) is 6.07 Å². The lowest BCUT2D eigenvalue weighted by Gasteiger charge is -2.41. The lowest BCUT2D eigenvalue weighted by molar-refractivity contribution is -0.153. The average molecular weight is 556 g/mol. The van der Waals surface area contributed by atoms with Crippen molar-refractivity contribution in [3.63, 3.8) is 0 Å². The number of fused-ring (bicyclic) bond motifs is 1. The Morgan fingerprint density at radius 1 is 1.12 bits per heavy atom. The molecule has 1 aromatic heterocycles. The molecule has 210 valence electrons. The van der Waals surface area contributed by atoms with Crippen LogP contribution in [0.1, 0.15) is 49.4 Å². The number of rotatable bonds is 6. The lowest BCUT2D eigenvalue weighted by Crippen LogP contribution is -2.58. The van der Waals surface area contributed by atoms with E-state index in [4.69, 9.17) is 10.5 Å². The van der Waals surface area contributed by atoms with Gasteiger partial charge in [-0.2, -0.15) is 10.5 Å². The highest BCUT2D eigenvalue weighted by Gasteiger charge is 2.47. The monoisotopic (exact) mass is 555 g/mol. The molecule has 3 amide bonds. The van der Waals surface area contributed by atoms with Crippen LogP contribution in [0, 0.1) is 28.6 Å². The standard InChI is InChI=1S/C29H29N7O5/c1-17(2)36-24-8-6-21(12-23(24)25(37)35(28(36)40)15-18-3-4-18)29(16-34(27(32)39)9-10-41-29)26(38)33-22-7-5-19(13-30)20(11-22)14-31/h5-8,11-12,17-18H,3-4,9-10,15-16H2,1-2H3,(H2,32,39)(H,33,38). The van der Waals surface area contributed by atoms with E-state index >= 15 is 0 Å². The van der Waals surface area contributed by atoms with Gasteiger partial charge in [0.1, 0.15) is 12.1 Å². The molecule has 1 aliphatic heterocycles. The molecule has 1 aliphatic carbocycles. The molecule has 2 fully saturated rings. The molecule has 3 aromatic rings. The Balaban J connectivity index is 1.67. The molecule has 2 aliphatic rings. The highest BCUT2D eigenvalue weighted by Crippen LogP contribution is 2.34. The van der Waals surface area contributed by atoms with Gasteiger partial charge in [0.05, 0.1) is 35.2 Å². The van der Waals surface area contributed by atoms with Crippen LogP contribution in [-0.4, -0.2) is 45.7 Å². The van der Waals surface area contributed by atoms with Crippen molar-refractivity contribution in [1.29, 1.82) is 10.5 Å². The highest BCUT2D eigenvalue weighted by molar-refractivity contribution is 5.99. The SMILES string of the molecule is CC(C)n1c(=O)n(CC2CC2)c(=O)c2cc(C3(C(=O)Nc4ccc(C#N)c(C#N)c4)CN(C(N)=O)CCO3)ccc21. The van der Waals surface area contributed by atoms with Gasteiger partial charge in [0.25, 0.3) is 11.5 Å². The molecular weight excluding hydrogens is 526 g/mol. The number of primary amides is 1. The van der Waals surface area contributed by atoms with E-state index in [1.54, 1.807) is 22.8 Å². The third-order valence-electron chi connectivity index (χ3n) is 7.61. The van der Waals surface area contributed by atoms with Crippen LogP contribution in [0.4, 0.5) is 10.5 Å². The molecule has 12 nitrogen and oxygen atoms in total. The van der Waals surface area contributed by atoms with Gasteiger partial charge in [-0.05, 0) is 68.5 Å². The maximum Gasteiger partial charge on any atom is 0.331 e. The predicted octanol–water partition coefficient (Wildman–Crippen LogP) is 2.14. The van der Waals surface area contributed by atoms with Gasteiger partial charge < -0.3 is 20.7 Å². The first-order chi connectivity index (χ1) is 19.6. The second kappa shape index (κ2) is 10.6. The normalized spacial score (nSPS) is 18.6. The number of urea groups is 1. The van der Waals surface area contributed by atoms with Gasteiger partial charge in [0.2, 0.25) is 0 Å². The summed E-state index contributed by atoms with van der Waals surface area (Å²) in [4.78, 5) is 54.4. The Morgan fingerprint density at radius 2 is 1.85 bits per heavy atom. The molecule has 1 unspecified atom stereocenters. The fourth-order valence-electron chi connectivity index (χ4n) is 5.25. The number of nitrogens with one attached hydrogen (secondary N) is 1. The first kappa shape index (κ1) is 27.6. The maximum atomic E-state index is 14.0. The molecule has 12 heteroatoms. The molecule has 41 heavy (non-hydrogen) atoms. The van der Waals surface area contributed by atoms with Crippen LogP contribution >= 0.6 is 0 Å². The van der Waals surface area contributed by atoms with Gasteiger partial charge in [0.15, 0.2) is 5.60 Å². The number of carbonyl (C=O) groups is 2. The number of ether oxygens (including phenoxy) is 1. The zero-order chi connectivity index (χ0) is 29.5. The number of nitrogens with two attached hydrogens (primary N) is 1. The van der Waals surface area contributed by atoms with Gasteiger partial charge in [-0.3, -0.25) is 18.7 Å². The van der Waals surface area contributed by atoms with Gasteiger partial charge in [-0.15, -0.1) is 0 Å². The summed E-state index contributed by atoms with van der Waals surface area (Å²) < 4.78 is 8.93. The van der Waals surface area contributed by atoms with Gasteiger partial charge >= 0.3 is 11.7 Å². The lowest BCUT2D eigenvalue weighted by atomic mass is 9.89. The third kappa shape index (κ3) is 4.94. The van der Waals surface area contributed by atoms with E-state index in [9.17, 15) is 29.7 Å². The first-order valence-corrected chi connectivity index (χ1v) is 13.3. The third-order valence-corrected chi connectivity index (χ3v) is 7.61. The number of carbonyl (C=O) groups excluding carboxylic acids is 2. The molecule has 3 N–H and O–H groups in total. The van der Waals surface area contributed by atoms with Crippen molar-refractivity contribution in [2.45, 2.75) is 44.9 Å². The average Bonchev–Trinajstić information content (AvgIpc) is 3.79. The number of nitrogens with zero attached hydrogens (tertiary/aromatic N) is 5. The van der Waals surface area contributed by atoms with Gasteiger partial charge in [0, 0.05) is 24.8 Å². The fourth-order valence-corrected chi connectivity index (χ4v) is 5.25. The Bertz CT molecular complexity index is 1770. The van der Waals surface area contributed by atoms with Crippen molar-refractivity contribution in [2.24, 2.45) is 11.7 Å². The Hall–Kier alpha value is -4.94. The quantitative estimate of drug-likeness (QED) is 0.468. The van der Waals surface area contributed by atoms with Crippen molar-refractivity contribution >= 4 is 28.5 Å². The summed E-state index contributed by atoms with van der Waals surface area (Å²) in [5.41, 5.74) is 4.18. The minimum Gasteiger partial charge on any atom is -0.357 e. The van der Waals surface area contributed by atoms with Crippen molar-refractivity contribution < 1.29 is 14.3 Å². The van der Waals surface area contributed by atoms with E-state index in [1.165, 1.54) is 27.7 Å². The molecule has 0 radical (unpaired) electrons. The van der Waals surface area contributed by atoms with Crippen LogP contribution in [-0.2, 0) is 21.7 Å². The van der Waals surface area contributed by atoms with Crippen LogP contribution in [0.2, 0.25) is 0 Å². The van der Waals surface area contributed by atoms with Crippen molar-refractivity contribution in [3.8, 4) is 12.1 Å². The zero-order valence-corrected chi connectivity index (χ0v) is 22.7. The summed E-state index contributed by atoms with van der Waals surface area (Å²) in [6, 6.07) is 11.9. The number of hydrogen-bond acceptors (Lipinski definition) is 7. The number of anilines is 1. The van der Waals surface area contributed by atoms with E-state index in [-0.39, 0.29) is 59.5 Å². The Morgan fingerprint density at radius 3 is 2.49 bits per heavy atom. The van der Waals surface area contributed by atoms with Crippen LogP contribution < -0.4 is 22.3 Å². The molecule has 2 heterocycles. The summed E-state index contributed by atoms with van der Waals surface area (Å²) in [6.07, 6.45) is 1.91. The van der Waals surface area contributed by atoms with E-state index in [0.717, 1.165) is 12.8 Å². The summed E-state index contributed by atoms with van der Waals surface area (Å²) in [6.45, 7) is 3.95. The highest BCUT2D eigenvalue weighted by atomic mass is 16.5. The summed E-state index contributed by atoms with van der Waals surface area (Å²) in [7, 11) is 0. The van der Waals surface area contributed by atoms with Crippen molar-refractivity contribution in [2.75, 3.05) is 25.0 Å². The largest absolute Gasteiger partial charge is 0.357 e. The van der Waals surface area contributed by atoms with E-state index in [2.05, 4.69) is 5.32 Å². The second-order valence-corrected chi connectivity index (χ2v) is 10.7. The van der Waals surface area contributed by atoms with Crippen LogP contribution in [0.15, 0.2) is 46.0 Å². The molecule has 0 spiro atoms. The number of benzene rings is 2. The minimum atomic E-state index is -1.77. The number of aromatic nitrogens is 2. The Kier molecular flexibility index (Phi) is 7.11. The fraction of sp³-hybridized carbons (Fsp3) is 0.379. The van der Waals surface area contributed by atoms with E-state index in [0.29, 0.717) is 17.6 Å². The molecular formula is C29H29N7O5. The smallest absolute Gasteiger partial charge is 0.331 e. The Labute approximate surface area is 235 Å². The second-order valence-electron chi connectivity index (χ2n) is 10.7. The van der Waals surface area contributed by atoms with Crippen LogP contribution in [0.3, 0.4) is 0 Å². The van der Waals surface area contributed by atoms with E-state index in [1.807, 2.05) is 26.0 Å². The molecule has 5 rings (SSSR count). The number of nitriles is 2. The zero-order valence-electron chi connectivity index (χ0n) is 22.7. The first-order valence-electron chi connectivity index (χ1n) is 13.3. The van der Waals surface area contributed by atoms with Crippen LogP contribution in [0.25, 0.3) is 10.9 Å². The molecule has 1 saturated heterocycles.